The normalized spacial score (nSPS) is 34.9. The van der Waals surface area contributed by atoms with E-state index < -0.39 is 0 Å². The molecule has 0 spiro atoms. The summed E-state index contributed by atoms with van der Waals surface area (Å²) in [4.78, 5) is 0. The van der Waals surface area contributed by atoms with Crippen molar-refractivity contribution < 1.29 is 9.47 Å². The standard InChI is InChI=1S/C32H62O2/c1-9-15-18-26-22-28(20-24(12-4)30(26)33-13-5)32(7,8)29-21-25(17-11-3)31(34-14-6)27(23-29)19-16-10-2/h24-31H,9-23H2,1-8H3. The summed E-state index contributed by atoms with van der Waals surface area (Å²) in [5.41, 5.74) is 0.405. The van der Waals surface area contributed by atoms with E-state index in [1.54, 1.807) is 0 Å². The third-order valence-corrected chi connectivity index (χ3v) is 10.1. The SMILES string of the molecule is CCCCC1CC(C(C)(C)C2CC(CCC)C(OCC)C(CCCC)C2)CC(CC)C1OCC. The maximum absolute atomic E-state index is 6.48. The van der Waals surface area contributed by atoms with E-state index in [9.17, 15) is 0 Å². The molecule has 0 bridgehead atoms. The summed E-state index contributed by atoms with van der Waals surface area (Å²) < 4.78 is 12.9. The molecule has 2 heteroatoms. The molecule has 2 nitrogen and oxygen atoms in total. The van der Waals surface area contributed by atoms with Gasteiger partial charge in [-0.2, -0.15) is 0 Å². The molecule has 2 aliphatic rings. The van der Waals surface area contributed by atoms with Gasteiger partial charge < -0.3 is 9.47 Å². The topological polar surface area (TPSA) is 18.5 Å². The third-order valence-electron chi connectivity index (χ3n) is 10.1. The fourth-order valence-corrected chi connectivity index (χ4v) is 7.99. The highest BCUT2D eigenvalue weighted by Crippen LogP contribution is 2.55. The lowest BCUT2D eigenvalue weighted by molar-refractivity contribution is -0.112. The molecular weight excluding hydrogens is 416 g/mol. The summed E-state index contributed by atoms with van der Waals surface area (Å²) >= 11 is 0. The average Bonchev–Trinajstić information content (AvgIpc) is 2.83. The van der Waals surface area contributed by atoms with Crippen molar-refractivity contribution in [3.63, 3.8) is 0 Å². The van der Waals surface area contributed by atoms with Crippen LogP contribution in [0.5, 0.6) is 0 Å². The van der Waals surface area contributed by atoms with Gasteiger partial charge in [0.05, 0.1) is 12.2 Å². The van der Waals surface area contributed by atoms with E-state index >= 15 is 0 Å². The summed E-state index contributed by atoms with van der Waals surface area (Å²) in [5, 5.41) is 0. The molecule has 0 aromatic carbocycles. The van der Waals surface area contributed by atoms with Crippen LogP contribution in [0.1, 0.15) is 139 Å². The van der Waals surface area contributed by atoms with Gasteiger partial charge in [0.25, 0.3) is 0 Å². The van der Waals surface area contributed by atoms with Gasteiger partial charge >= 0.3 is 0 Å². The number of rotatable bonds is 15. The van der Waals surface area contributed by atoms with Crippen molar-refractivity contribution in [1.29, 1.82) is 0 Å². The molecule has 0 aliphatic heterocycles. The first-order chi connectivity index (χ1) is 16.4. The Balaban J connectivity index is 2.26. The van der Waals surface area contributed by atoms with Crippen LogP contribution < -0.4 is 0 Å². The second-order valence-corrected chi connectivity index (χ2v) is 12.5. The minimum Gasteiger partial charge on any atom is -0.378 e. The highest BCUT2D eigenvalue weighted by atomic mass is 16.5. The predicted molar refractivity (Wildman–Crippen MR) is 148 cm³/mol. The van der Waals surface area contributed by atoms with Gasteiger partial charge in [-0.3, -0.25) is 0 Å². The Bertz CT molecular complexity index is 529. The second kappa shape index (κ2) is 15.2. The number of ether oxygens (including phenoxy) is 2. The molecule has 0 aromatic heterocycles. The van der Waals surface area contributed by atoms with E-state index in [4.69, 9.17) is 9.47 Å². The van der Waals surface area contributed by atoms with Crippen LogP contribution in [0.3, 0.4) is 0 Å². The third kappa shape index (κ3) is 7.71. The maximum atomic E-state index is 6.48. The number of unbranched alkanes of at least 4 members (excludes halogenated alkanes) is 2. The fourth-order valence-electron chi connectivity index (χ4n) is 7.99. The second-order valence-electron chi connectivity index (χ2n) is 12.5. The molecule has 2 fully saturated rings. The zero-order valence-electron chi connectivity index (χ0n) is 24.5. The lowest BCUT2D eigenvalue weighted by Gasteiger charge is -2.53. The van der Waals surface area contributed by atoms with Crippen LogP contribution in [0.4, 0.5) is 0 Å². The van der Waals surface area contributed by atoms with E-state index in [0.29, 0.717) is 17.6 Å². The summed E-state index contributed by atoms with van der Waals surface area (Å²) in [6.07, 6.45) is 18.5. The molecule has 8 unspecified atom stereocenters. The van der Waals surface area contributed by atoms with Crippen LogP contribution >= 0.6 is 0 Å². The Hall–Kier alpha value is -0.0800. The minimum atomic E-state index is 0.405. The molecule has 0 aromatic rings. The van der Waals surface area contributed by atoms with Crippen LogP contribution in [0, 0.1) is 40.9 Å². The summed E-state index contributed by atoms with van der Waals surface area (Å²) in [6.45, 7) is 20.9. The first-order valence-corrected chi connectivity index (χ1v) is 15.6. The van der Waals surface area contributed by atoms with Gasteiger partial charge in [-0.05, 0) is 99.7 Å². The summed E-state index contributed by atoms with van der Waals surface area (Å²) in [6, 6.07) is 0. The minimum absolute atomic E-state index is 0.405. The molecule has 2 saturated carbocycles. The first kappa shape index (κ1) is 30.1. The predicted octanol–water partition coefficient (Wildman–Crippen LogP) is 9.70. The van der Waals surface area contributed by atoms with E-state index in [0.717, 1.165) is 48.7 Å². The Kier molecular flexibility index (Phi) is 13.5. The van der Waals surface area contributed by atoms with Crippen molar-refractivity contribution >= 4 is 0 Å². The summed E-state index contributed by atoms with van der Waals surface area (Å²) in [7, 11) is 0. The molecule has 8 atom stereocenters. The Morgan fingerprint density at radius 3 is 1.35 bits per heavy atom. The molecular formula is C32H62O2. The molecule has 2 aliphatic carbocycles. The Labute approximate surface area is 214 Å². The van der Waals surface area contributed by atoms with Crippen LogP contribution in [0.15, 0.2) is 0 Å². The largest absolute Gasteiger partial charge is 0.378 e. The molecule has 0 saturated heterocycles. The van der Waals surface area contributed by atoms with E-state index in [2.05, 4.69) is 55.4 Å². The first-order valence-electron chi connectivity index (χ1n) is 15.6. The van der Waals surface area contributed by atoms with Gasteiger partial charge in [0.15, 0.2) is 0 Å². The zero-order valence-corrected chi connectivity index (χ0v) is 24.5. The van der Waals surface area contributed by atoms with Crippen molar-refractivity contribution in [2.75, 3.05) is 13.2 Å². The molecule has 34 heavy (non-hydrogen) atoms. The summed E-state index contributed by atoms with van der Waals surface area (Å²) in [5.74, 6) is 4.67. The highest BCUT2D eigenvalue weighted by molar-refractivity contribution is 4.98. The number of hydrogen-bond acceptors (Lipinski definition) is 2. The van der Waals surface area contributed by atoms with Gasteiger partial charge in [0.2, 0.25) is 0 Å². The molecule has 0 N–H and O–H groups in total. The molecule has 0 heterocycles. The van der Waals surface area contributed by atoms with Crippen molar-refractivity contribution in [3.8, 4) is 0 Å². The van der Waals surface area contributed by atoms with Gasteiger partial charge in [-0.25, -0.2) is 0 Å². The molecule has 0 amide bonds. The fraction of sp³-hybridized carbons (Fsp3) is 1.00. The highest BCUT2D eigenvalue weighted by Gasteiger charge is 2.49. The number of hydrogen-bond donors (Lipinski definition) is 0. The molecule has 2 rings (SSSR count). The monoisotopic (exact) mass is 478 g/mol. The van der Waals surface area contributed by atoms with Crippen LogP contribution in [0.25, 0.3) is 0 Å². The average molecular weight is 479 g/mol. The quantitative estimate of drug-likeness (QED) is 0.233. The smallest absolute Gasteiger partial charge is 0.0631 e. The Morgan fingerprint density at radius 1 is 0.559 bits per heavy atom. The van der Waals surface area contributed by atoms with E-state index in [1.165, 1.54) is 83.5 Å². The van der Waals surface area contributed by atoms with Crippen LogP contribution in [-0.4, -0.2) is 25.4 Å². The van der Waals surface area contributed by atoms with E-state index in [1.807, 2.05) is 0 Å². The van der Waals surface area contributed by atoms with Crippen LogP contribution in [-0.2, 0) is 9.47 Å². The lowest BCUT2D eigenvalue weighted by Crippen LogP contribution is -2.48. The van der Waals surface area contributed by atoms with Gasteiger partial charge in [0.1, 0.15) is 0 Å². The Morgan fingerprint density at radius 2 is 0.971 bits per heavy atom. The van der Waals surface area contributed by atoms with Crippen molar-refractivity contribution in [3.05, 3.63) is 0 Å². The van der Waals surface area contributed by atoms with Crippen LogP contribution in [0.2, 0.25) is 0 Å². The van der Waals surface area contributed by atoms with Gasteiger partial charge in [-0.15, -0.1) is 0 Å². The van der Waals surface area contributed by atoms with Gasteiger partial charge in [0, 0.05) is 13.2 Å². The molecule has 202 valence electrons. The maximum Gasteiger partial charge on any atom is 0.0631 e. The van der Waals surface area contributed by atoms with Crippen molar-refractivity contribution in [1.82, 2.24) is 0 Å². The zero-order chi connectivity index (χ0) is 25.1. The van der Waals surface area contributed by atoms with Crippen molar-refractivity contribution in [2.24, 2.45) is 40.9 Å². The van der Waals surface area contributed by atoms with E-state index in [-0.39, 0.29) is 0 Å². The molecule has 0 radical (unpaired) electrons. The van der Waals surface area contributed by atoms with Crippen molar-refractivity contribution in [2.45, 2.75) is 151 Å². The lowest BCUT2D eigenvalue weighted by atomic mass is 9.54. The van der Waals surface area contributed by atoms with Gasteiger partial charge in [-0.1, -0.05) is 80.1 Å².